The van der Waals surface area contributed by atoms with Crippen LogP contribution in [0.1, 0.15) is 26.2 Å². The van der Waals surface area contributed by atoms with E-state index in [4.69, 9.17) is 0 Å². The van der Waals surface area contributed by atoms with E-state index in [9.17, 15) is 4.79 Å². The first kappa shape index (κ1) is 13.7. The summed E-state index contributed by atoms with van der Waals surface area (Å²) in [5.41, 5.74) is 0.944. The summed E-state index contributed by atoms with van der Waals surface area (Å²) >= 11 is 1.58. The highest BCUT2D eigenvalue weighted by atomic mass is 32.2. The fraction of sp³-hybridized carbons (Fsp3) is 0.385. The van der Waals surface area contributed by atoms with Crippen LogP contribution in [0.25, 0.3) is 5.69 Å². The SMILES string of the molecule is CCC(=O)CCCSc1nnnn1-c1ccccc1. The van der Waals surface area contributed by atoms with Gasteiger partial charge in [-0.25, -0.2) is 0 Å². The number of tetrazole rings is 1. The monoisotopic (exact) mass is 276 g/mol. The van der Waals surface area contributed by atoms with Crippen molar-refractivity contribution in [3.05, 3.63) is 30.3 Å². The normalized spacial score (nSPS) is 10.6. The maximum atomic E-state index is 11.2. The van der Waals surface area contributed by atoms with Crippen LogP contribution in [0.2, 0.25) is 0 Å². The Morgan fingerprint density at radius 1 is 1.32 bits per heavy atom. The number of rotatable bonds is 7. The molecule has 1 aromatic heterocycles. The Kier molecular flexibility index (Phi) is 5.09. The van der Waals surface area contributed by atoms with Crippen molar-refractivity contribution in [1.82, 2.24) is 20.2 Å². The summed E-state index contributed by atoms with van der Waals surface area (Å²) in [7, 11) is 0. The quantitative estimate of drug-likeness (QED) is 0.574. The van der Waals surface area contributed by atoms with Gasteiger partial charge in [0.05, 0.1) is 5.69 Å². The average Bonchev–Trinajstić information content (AvgIpc) is 2.92. The molecule has 0 atom stereocenters. The molecule has 0 saturated heterocycles. The van der Waals surface area contributed by atoms with Gasteiger partial charge in [-0.2, -0.15) is 4.68 Å². The lowest BCUT2D eigenvalue weighted by atomic mass is 10.2. The number of carbonyl (C=O) groups excluding carboxylic acids is 1. The molecule has 100 valence electrons. The maximum absolute atomic E-state index is 11.2. The third-order valence-corrected chi connectivity index (χ3v) is 3.67. The van der Waals surface area contributed by atoms with E-state index in [1.807, 2.05) is 37.3 Å². The first-order chi connectivity index (χ1) is 9.31. The van der Waals surface area contributed by atoms with Gasteiger partial charge in [-0.3, -0.25) is 4.79 Å². The van der Waals surface area contributed by atoms with Crippen molar-refractivity contribution in [3.63, 3.8) is 0 Å². The summed E-state index contributed by atoms with van der Waals surface area (Å²) in [6.07, 6.45) is 2.11. The van der Waals surface area contributed by atoms with Crippen LogP contribution in [0.4, 0.5) is 0 Å². The Hall–Kier alpha value is -1.69. The van der Waals surface area contributed by atoms with Gasteiger partial charge in [0.15, 0.2) is 0 Å². The lowest BCUT2D eigenvalue weighted by Crippen LogP contribution is -2.00. The summed E-state index contributed by atoms with van der Waals surface area (Å²) in [4.78, 5) is 11.2. The summed E-state index contributed by atoms with van der Waals surface area (Å²) in [5.74, 6) is 1.15. The highest BCUT2D eigenvalue weighted by Crippen LogP contribution is 2.19. The van der Waals surface area contributed by atoms with E-state index in [2.05, 4.69) is 15.5 Å². The topological polar surface area (TPSA) is 60.7 Å². The van der Waals surface area contributed by atoms with Crippen LogP contribution in [-0.2, 0) is 4.79 Å². The number of Topliss-reactive ketones (excluding diaryl/α,β-unsaturated/α-hetero) is 1. The van der Waals surface area contributed by atoms with Crippen molar-refractivity contribution >= 4 is 17.5 Å². The second-order valence-corrected chi connectivity index (χ2v) is 5.12. The summed E-state index contributed by atoms with van der Waals surface area (Å²) < 4.78 is 1.71. The van der Waals surface area contributed by atoms with E-state index in [0.29, 0.717) is 18.6 Å². The molecule has 0 aliphatic rings. The van der Waals surface area contributed by atoms with Gasteiger partial charge in [0.2, 0.25) is 5.16 Å². The molecule has 0 amide bonds. The predicted molar refractivity (Wildman–Crippen MR) is 74.4 cm³/mol. The molecule has 0 saturated carbocycles. The highest BCUT2D eigenvalue weighted by Gasteiger charge is 2.08. The minimum Gasteiger partial charge on any atom is -0.300 e. The van der Waals surface area contributed by atoms with Crippen LogP contribution in [0.3, 0.4) is 0 Å². The Morgan fingerprint density at radius 3 is 2.84 bits per heavy atom. The largest absolute Gasteiger partial charge is 0.300 e. The van der Waals surface area contributed by atoms with Gasteiger partial charge < -0.3 is 0 Å². The zero-order chi connectivity index (χ0) is 13.5. The minimum atomic E-state index is 0.309. The van der Waals surface area contributed by atoms with Crippen molar-refractivity contribution in [2.75, 3.05) is 5.75 Å². The third kappa shape index (κ3) is 3.89. The summed E-state index contributed by atoms with van der Waals surface area (Å²) in [5, 5.41) is 12.5. The molecule has 1 heterocycles. The first-order valence-electron chi connectivity index (χ1n) is 6.29. The molecule has 1 aromatic carbocycles. The summed E-state index contributed by atoms with van der Waals surface area (Å²) in [6.45, 7) is 1.89. The Morgan fingerprint density at radius 2 is 2.11 bits per heavy atom. The van der Waals surface area contributed by atoms with Crippen molar-refractivity contribution in [2.24, 2.45) is 0 Å². The molecule has 2 aromatic rings. The number of para-hydroxylation sites is 1. The number of benzene rings is 1. The molecule has 0 aliphatic heterocycles. The molecule has 6 heteroatoms. The van der Waals surface area contributed by atoms with E-state index >= 15 is 0 Å². The molecule has 0 bridgehead atoms. The third-order valence-electron chi connectivity index (χ3n) is 2.67. The molecule has 0 unspecified atom stereocenters. The highest BCUT2D eigenvalue weighted by molar-refractivity contribution is 7.99. The maximum Gasteiger partial charge on any atom is 0.214 e. The number of aromatic nitrogens is 4. The van der Waals surface area contributed by atoms with Gasteiger partial charge in [-0.05, 0) is 29.0 Å². The van der Waals surface area contributed by atoms with E-state index in [1.165, 1.54) is 0 Å². The van der Waals surface area contributed by atoms with Crippen molar-refractivity contribution < 1.29 is 4.79 Å². The smallest absolute Gasteiger partial charge is 0.214 e. The number of thioether (sulfide) groups is 1. The molecular formula is C13H16N4OS. The molecular weight excluding hydrogens is 260 g/mol. The standard InChI is InChI=1S/C13H16N4OS/c1-2-12(18)9-6-10-19-13-14-15-16-17(13)11-7-4-3-5-8-11/h3-5,7-8H,2,6,9-10H2,1H3. The molecule has 5 nitrogen and oxygen atoms in total. The van der Waals surface area contributed by atoms with Gasteiger partial charge in [-0.1, -0.05) is 36.9 Å². The molecule has 0 fully saturated rings. The number of carbonyl (C=O) groups is 1. The van der Waals surface area contributed by atoms with Crippen LogP contribution < -0.4 is 0 Å². The number of hydrogen-bond acceptors (Lipinski definition) is 5. The fourth-order valence-corrected chi connectivity index (χ4v) is 2.44. The van der Waals surface area contributed by atoms with E-state index in [0.717, 1.165) is 23.0 Å². The van der Waals surface area contributed by atoms with E-state index < -0.39 is 0 Å². The van der Waals surface area contributed by atoms with Crippen molar-refractivity contribution in [2.45, 2.75) is 31.3 Å². The Bertz CT molecular complexity index is 526. The Labute approximate surface area is 116 Å². The van der Waals surface area contributed by atoms with Crippen LogP contribution >= 0.6 is 11.8 Å². The molecule has 0 N–H and O–H groups in total. The van der Waals surface area contributed by atoms with Gasteiger partial charge in [0, 0.05) is 18.6 Å². The lowest BCUT2D eigenvalue weighted by Gasteiger charge is -2.03. The molecule has 2 rings (SSSR count). The number of ketones is 1. The zero-order valence-corrected chi connectivity index (χ0v) is 11.6. The van der Waals surface area contributed by atoms with Crippen molar-refractivity contribution in [1.29, 1.82) is 0 Å². The van der Waals surface area contributed by atoms with E-state index in [1.54, 1.807) is 16.4 Å². The van der Waals surface area contributed by atoms with Crippen molar-refractivity contribution in [3.8, 4) is 5.69 Å². The average molecular weight is 276 g/mol. The molecule has 19 heavy (non-hydrogen) atoms. The fourth-order valence-electron chi connectivity index (χ4n) is 1.61. The summed E-state index contributed by atoms with van der Waals surface area (Å²) in [6, 6.07) is 9.77. The molecule has 0 spiro atoms. The van der Waals surface area contributed by atoms with Gasteiger partial charge in [0.25, 0.3) is 0 Å². The zero-order valence-electron chi connectivity index (χ0n) is 10.8. The van der Waals surface area contributed by atoms with Crippen LogP contribution in [-0.4, -0.2) is 31.7 Å². The predicted octanol–water partition coefficient (Wildman–Crippen LogP) is 2.51. The first-order valence-corrected chi connectivity index (χ1v) is 7.28. The number of nitrogens with zero attached hydrogens (tertiary/aromatic N) is 4. The number of hydrogen-bond donors (Lipinski definition) is 0. The second kappa shape index (κ2) is 7.04. The van der Waals surface area contributed by atoms with E-state index in [-0.39, 0.29) is 0 Å². The van der Waals surface area contributed by atoms with Gasteiger partial charge in [0.1, 0.15) is 5.78 Å². The molecule has 0 aliphatic carbocycles. The van der Waals surface area contributed by atoms with Crippen LogP contribution in [0.5, 0.6) is 0 Å². The van der Waals surface area contributed by atoms with Crippen LogP contribution in [0, 0.1) is 0 Å². The van der Waals surface area contributed by atoms with Crippen LogP contribution in [0.15, 0.2) is 35.5 Å². The lowest BCUT2D eigenvalue weighted by molar-refractivity contribution is -0.118. The second-order valence-electron chi connectivity index (χ2n) is 4.05. The minimum absolute atomic E-state index is 0.309. The van der Waals surface area contributed by atoms with Gasteiger partial charge in [-0.15, -0.1) is 5.10 Å². The Balaban J connectivity index is 1.92. The molecule has 0 radical (unpaired) electrons. The van der Waals surface area contributed by atoms with Gasteiger partial charge >= 0.3 is 0 Å².